The number of ketones is 1. The molecule has 0 saturated carbocycles. The summed E-state index contributed by atoms with van der Waals surface area (Å²) in [5.74, 6) is 0.0426. The molecule has 1 aliphatic carbocycles. The average Bonchev–Trinajstić information content (AvgIpc) is 2.70. The van der Waals surface area contributed by atoms with Crippen molar-refractivity contribution in [2.45, 2.75) is 79.0 Å². The maximum Gasteiger partial charge on any atom is 0.200 e. The average molecular weight is 441 g/mol. The largest absolute Gasteiger partial charge is 0.294 e. The Balaban J connectivity index is 2.45. The van der Waals surface area contributed by atoms with Crippen molar-refractivity contribution in [3.8, 4) is 0 Å². The third-order valence-electron chi connectivity index (χ3n) is 6.16. The molecule has 2 rings (SSSR count). The summed E-state index contributed by atoms with van der Waals surface area (Å²) < 4.78 is 26.7. The quantitative estimate of drug-likeness (QED) is 0.334. The second-order valence-corrected chi connectivity index (χ2v) is 11.1. The van der Waals surface area contributed by atoms with Crippen LogP contribution in [0.25, 0.3) is 5.57 Å². The van der Waals surface area contributed by atoms with E-state index in [0.29, 0.717) is 10.5 Å². The molecular formula is C27H36O3S. The molecule has 0 bridgehead atoms. The summed E-state index contributed by atoms with van der Waals surface area (Å²) in [5, 5.41) is 1.27. The SMILES string of the molecule is CC=C(C)C(=O)CC=C(C)C=CS(=O)(=O)c1cc(C)ccc1C1=C(C)CCCC1(C)C. The molecule has 31 heavy (non-hydrogen) atoms. The Bertz CT molecular complexity index is 1080. The van der Waals surface area contributed by atoms with Gasteiger partial charge in [-0.1, -0.05) is 49.3 Å². The lowest BCUT2D eigenvalue weighted by Gasteiger charge is -2.35. The highest BCUT2D eigenvalue weighted by atomic mass is 32.2. The van der Waals surface area contributed by atoms with E-state index in [2.05, 4.69) is 20.8 Å². The molecule has 0 aliphatic heterocycles. The molecular weight excluding hydrogens is 404 g/mol. The van der Waals surface area contributed by atoms with Crippen LogP contribution in [-0.4, -0.2) is 14.2 Å². The molecule has 0 aromatic heterocycles. The van der Waals surface area contributed by atoms with E-state index in [0.717, 1.165) is 41.5 Å². The van der Waals surface area contributed by atoms with E-state index < -0.39 is 9.84 Å². The lowest BCUT2D eigenvalue weighted by Crippen LogP contribution is -2.20. The van der Waals surface area contributed by atoms with Crippen molar-refractivity contribution >= 4 is 21.2 Å². The molecule has 3 nitrogen and oxygen atoms in total. The van der Waals surface area contributed by atoms with Crippen molar-refractivity contribution in [2.75, 3.05) is 0 Å². The number of hydrogen-bond acceptors (Lipinski definition) is 3. The first-order valence-corrected chi connectivity index (χ1v) is 12.5. The van der Waals surface area contributed by atoms with Gasteiger partial charge < -0.3 is 0 Å². The Kier molecular flexibility index (Phi) is 8.04. The Morgan fingerprint density at radius 3 is 2.45 bits per heavy atom. The zero-order valence-corrected chi connectivity index (χ0v) is 20.8. The van der Waals surface area contributed by atoms with Crippen molar-refractivity contribution in [1.82, 2.24) is 0 Å². The van der Waals surface area contributed by atoms with Crippen molar-refractivity contribution in [3.05, 3.63) is 69.7 Å². The van der Waals surface area contributed by atoms with Crippen LogP contribution < -0.4 is 0 Å². The van der Waals surface area contributed by atoms with Gasteiger partial charge in [0.25, 0.3) is 0 Å². The van der Waals surface area contributed by atoms with Crippen molar-refractivity contribution in [1.29, 1.82) is 0 Å². The molecule has 168 valence electrons. The number of aryl methyl sites for hydroxylation is 1. The van der Waals surface area contributed by atoms with Gasteiger partial charge in [0.1, 0.15) is 0 Å². The zero-order chi connectivity index (χ0) is 23.4. The Morgan fingerprint density at radius 2 is 1.84 bits per heavy atom. The zero-order valence-electron chi connectivity index (χ0n) is 20.0. The van der Waals surface area contributed by atoms with E-state index in [9.17, 15) is 13.2 Å². The summed E-state index contributed by atoms with van der Waals surface area (Å²) in [6.07, 6.45) is 8.60. The molecule has 0 heterocycles. The minimum Gasteiger partial charge on any atom is -0.294 e. The van der Waals surface area contributed by atoms with E-state index in [1.807, 2.05) is 32.9 Å². The van der Waals surface area contributed by atoms with Crippen LogP contribution in [0.5, 0.6) is 0 Å². The molecule has 0 N–H and O–H groups in total. The fourth-order valence-corrected chi connectivity index (χ4v) is 5.57. The van der Waals surface area contributed by atoms with Crippen LogP contribution in [0.1, 0.15) is 78.4 Å². The van der Waals surface area contributed by atoms with Crippen LogP contribution >= 0.6 is 0 Å². The number of hydrogen-bond donors (Lipinski definition) is 0. The summed E-state index contributed by atoms with van der Waals surface area (Å²) in [5.41, 5.74) is 5.57. The van der Waals surface area contributed by atoms with Crippen molar-refractivity contribution < 1.29 is 13.2 Å². The highest BCUT2D eigenvalue weighted by molar-refractivity contribution is 7.94. The molecule has 1 aliphatic rings. The second kappa shape index (κ2) is 9.95. The number of rotatable bonds is 7. The summed E-state index contributed by atoms with van der Waals surface area (Å²) in [6, 6.07) is 5.73. The summed E-state index contributed by atoms with van der Waals surface area (Å²) in [4.78, 5) is 12.4. The van der Waals surface area contributed by atoms with Crippen LogP contribution in [-0.2, 0) is 14.6 Å². The summed E-state index contributed by atoms with van der Waals surface area (Å²) in [6.45, 7) is 13.9. The smallest absolute Gasteiger partial charge is 0.200 e. The predicted octanol–water partition coefficient (Wildman–Crippen LogP) is 7.14. The predicted molar refractivity (Wildman–Crippen MR) is 131 cm³/mol. The molecule has 1 aromatic rings. The number of carbonyl (C=O) groups excluding carboxylic acids is 1. The van der Waals surface area contributed by atoms with Crippen LogP contribution in [0.3, 0.4) is 0 Å². The lowest BCUT2D eigenvalue weighted by molar-refractivity contribution is -0.114. The molecule has 0 amide bonds. The first-order valence-electron chi connectivity index (χ1n) is 11.0. The third kappa shape index (κ3) is 6.16. The van der Waals surface area contributed by atoms with E-state index in [4.69, 9.17) is 0 Å². The van der Waals surface area contributed by atoms with Gasteiger partial charge in [0.05, 0.1) is 4.90 Å². The molecule has 4 heteroatoms. The molecule has 0 unspecified atom stereocenters. The van der Waals surface area contributed by atoms with Gasteiger partial charge in [-0.05, 0) is 93.7 Å². The molecule has 0 radical (unpaired) electrons. The molecule has 0 spiro atoms. The van der Waals surface area contributed by atoms with Gasteiger partial charge >= 0.3 is 0 Å². The first kappa shape index (κ1) is 25.1. The van der Waals surface area contributed by atoms with E-state index in [-0.39, 0.29) is 17.6 Å². The van der Waals surface area contributed by atoms with Crippen LogP contribution in [0.4, 0.5) is 0 Å². The van der Waals surface area contributed by atoms with E-state index in [1.165, 1.54) is 11.0 Å². The highest BCUT2D eigenvalue weighted by Gasteiger charge is 2.32. The third-order valence-corrected chi connectivity index (χ3v) is 7.61. The number of Topliss-reactive ketones (excluding diaryl/α,β-unsaturated/α-hetero) is 1. The number of allylic oxidation sites excluding steroid dienone is 7. The standard InChI is InChI=1S/C27H36O3S/c1-8-21(4)24(28)14-12-19(2)15-17-31(29,30)25-18-20(3)11-13-23(25)26-22(5)10-9-16-27(26,6)7/h8,11-13,15,17-18H,9-10,14,16H2,1-7H3. The van der Waals surface area contributed by atoms with Gasteiger partial charge in [0, 0.05) is 11.8 Å². The molecule has 1 aromatic carbocycles. The van der Waals surface area contributed by atoms with Crippen molar-refractivity contribution in [3.63, 3.8) is 0 Å². The van der Waals surface area contributed by atoms with Gasteiger partial charge in [-0.25, -0.2) is 8.42 Å². The van der Waals surface area contributed by atoms with Gasteiger partial charge in [0.15, 0.2) is 15.6 Å². The number of sulfone groups is 1. The van der Waals surface area contributed by atoms with Crippen LogP contribution in [0.2, 0.25) is 0 Å². The number of carbonyl (C=O) groups is 1. The Labute approximate surface area is 188 Å². The minimum absolute atomic E-state index is 0.0426. The fourth-order valence-electron chi connectivity index (χ4n) is 4.20. The Morgan fingerprint density at radius 1 is 1.16 bits per heavy atom. The topological polar surface area (TPSA) is 51.2 Å². The molecule has 0 atom stereocenters. The maximum atomic E-state index is 13.4. The molecule has 0 saturated heterocycles. The van der Waals surface area contributed by atoms with Crippen molar-refractivity contribution in [2.24, 2.45) is 5.41 Å². The summed E-state index contributed by atoms with van der Waals surface area (Å²) in [7, 11) is -3.64. The normalized spacial score (nSPS) is 18.0. The minimum atomic E-state index is -3.64. The van der Waals surface area contributed by atoms with Crippen LogP contribution in [0.15, 0.2) is 63.5 Å². The lowest BCUT2D eigenvalue weighted by atomic mass is 9.70. The fraction of sp³-hybridized carbons (Fsp3) is 0.444. The second-order valence-electron chi connectivity index (χ2n) is 9.29. The molecule has 0 fully saturated rings. The summed E-state index contributed by atoms with van der Waals surface area (Å²) >= 11 is 0. The monoisotopic (exact) mass is 440 g/mol. The first-order chi connectivity index (χ1) is 14.4. The van der Waals surface area contributed by atoms with Gasteiger partial charge in [-0.15, -0.1) is 0 Å². The van der Waals surface area contributed by atoms with Gasteiger partial charge in [0.2, 0.25) is 0 Å². The number of benzene rings is 1. The van der Waals surface area contributed by atoms with Gasteiger partial charge in [-0.3, -0.25) is 4.79 Å². The highest BCUT2D eigenvalue weighted by Crippen LogP contribution is 2.47. The maximum absolute atomic E-state index is 13.4. The van der Waals surface area contributed by atoms with E-state index >= 15 is 0 Å². The Hall–Kier alpha value is -2.20. The van der Waals surface area contributed by atoms with Gasteiger partial charge in [-0.2, -0.15) is 0 Å². The van der Waals surface area contributed by atoms with Crippen LogP contribution in [0, 0.1) is 12.3 Å². The van der Waals surface area contributed by atoms with E-state index in [1.54, 1.807) is 31.2 Å².